The molecule has 0 N–H and O–H groups in total. The molecule has 0 atom stereocenters. The van der Waals surface area contributed by atoms with E-state index in [4.69, 9.17) is 0 Å². The van der Waals surface area contributed by atoms with Crippen LogP contribution < -0.4 is 0 Å². The largest absolute Gasteiger partial charge is 0.392 e. The summed E-state index contributed by atoms with van der Waals surface area (Å²) in [6, 6.07) is 0. The minimum Gasteiger partial charge on any atom is -0.392 e. The fraction of sp³-hybridized carbons (Fsp3) is 0.800. The van der Waals surface area contributed by atoms with Crippen molar-refractivity contribution in [1.82, 2.24) is 4.90 Å². The van der Waals surface area contributed by atoms with Gasteiger partial charge in [-0.1, -0.05) is 13.3 Å². The molecule has 1 saturated heterocycles. The number of rotatable bonds is 3. The Hall–Kier alpha value is -0.900. The van der Waals surface area contributed by atoms with Crippen LogP contribution in [0.25, 0.3) is 0 Å². The van der Waals surface area contributed by atoms with Crippen LogP contribution in [-0.2, 0) is 14.3 Å². The molecular formula is C10H17NO3. The van der Waals surface area contributed by atoms with Gasteiger partial charge >= 0.3 is 11.9 Å². The predicted octanol–water partition coefficient (Wildman–Crippen LogP) is 0.952. The van der Waals surface area contributed by atoms with Crippen molar-refractivity contribution in [1.29, 1.82) is 0 Å². The number of carbonyl (C=O) groups is 2. The molecule has 0 aromatic carbocycles. The van der Waals surface area contributed by atoms with Gasteiger partial charge in [-0.2, -0.15) is 0 Å². The zero-order valence-electron chi connectivity index (χ0n) is 8.62. The molecule has 0 aromatic rings. The van der Waals surface area contributed by atoms with E-state index in [0.717, 1.165) is 25.9 Å². The predicted molar refractivity (Wildman–Crippen MR) is 51.7 cm³/mol. The highest BCUT2D eigenvalue weighted by atomic mass is 16.6. The van der Waals surface area contributed by atoms with Crippen molar-refractivity contribution < 1.29 is 14.3 Å². The van der Waals surface area contributed by atoms with E-state index in [-0.39, 0.29) is 13.0 Å². The third-order valence-electron chi connectivity index (χ3n) is 2.32. The first kappa shape index (κ1) is 11.2. The maximum absolute atomic E-state index is 11.2. The van der Waals surface area contributed by atoms with Crippen molar-refractivity contribution in [2.24, 2.45) is 0 Å². The lowest BCUT2D eigenvalue weighted by Gasteiger charge is -2.24. The zero-order valence-corrected chi connectivity index (χ0v) is 8.62. The summed E-state index contributed by atoms with van der Waals surface area (Å²) in [5, 5.41) is 0. The second kappa shape index (κ2) is 5.75. The van der Waals surface area contributed by atoms with Crippen LogP contribution in [0.15, 0.2) is 0 Å². The maximum Gasteiger partial charge on any atom is 0.327 e. The van der Waals surface area contributed by atoms with Crippen LogP contribution in [0.5, 0.6) is 0 Å². The van der Waals surface area contributed by atoms with Gasteiger partial charge in [-0.25, -0.2) is 0 Å². The summed E-state index contributed by atoms with van der Waals surface area (Å²) < 4.78 is 4.58. The van der Waals surface area contributed by atoms with Crippen molar-refractivity contribution >= 4 is 11.9 Å². The van der Waals surface area contributed by atoms with Crippen molar-refractivity contribution in [2.45, 2.75) is 32.6 Å². The number of piperidine rings is 1. The molecule has 0 aliphatic carbocycles. The van der Waals surface area contributed by atoms with Crippen LogP contribution in [0.3, 0.4) is 0 Å². The fourth-order valence-corrected chi connectivity index (χ4v) is 1.53. The molecule has 4 heteroatoms. The second-order valence-corrected chi connectivity index (χ2v) is 3.54. The van der Waals surface area contributed by atoms with Crippen LogP contribution in [0.2, 0.25) is 0 Å². The van der Waals surface area contributed by atoms with E-state index in [1.54, 1.807) is 6.92 Å². The van der Waals surface area contributed by atoms with E-state index >= 15 is 0 Å². The van der Waals surface area contributed by atoms with Gasteiger partial charge in [-0.05, 0) is 25.9 Å². The molecular weight excluding hydrogens is 182 g/mol. The van der Waals surface area contributed by atoms with E-state index in [9.17, 15) is 9.59 Å². The van der Waals surface area contributed by atoms with Gasteiger partial charge in [-0.3, -0.25) is 14.5 Å². The van der Waals surface area contributed by atoms with Gasteiger partial charge in [0, 0.05) is 6.42 Å². The Kier molecular flexibility index (Phi) is 4.59. The standard InChI is InChI=1S/C10H17NO3/c1-2-9(12)14-10(13)8-11-6-4-3-5-7-11/h2-8H2,1H3. The zero-order chi connectivity index (χ0) is 10.4. The molecule has 1 rings (SSSR count). The Morgan fingerprint density at radius 1 is 1.14 bits per heavy atom. The van der Waals surface area contributed by atoms with Crippen LogP contribution in [0.4, 0.5) is 0 Å². The lowest BCUT2D eigenvalue weighted by molar-refractivity contribution is -0.160. The van der Waals surface area contributed by atoms with Gasteiger partial charge in [0.15, 0.2) is 0 Å². The van der Waals surface area contributed by atoms with Crippen molar-refractivity contribution in [3.63, 3.8) is 0 Å². The molecule has 0 saturated carbocycles. The van der Waals surface area contributed by atoms with Gasteiger partial charge in [0.25, 0.3) is 0 Å². The van der Waals surface area contributed by atoms with Gasteiger partial charge in [0.2, 0.25) is 0 Å². The molecule has 1 aliphatic heterocycles. The minimum absolute atomic E-state index is 0.256. The quantitative estimate of drug-likeness (QED) is 0.501. The molecule has 0 unspecified atom stereocenters. The lowest BCUT2D eigenvalue weighted by atomic mass is 10.1. The summed E-state index contributed by atoms with van der Waals surface area (Å²) in [6.07, 6.45) is 3.76. The van der Waals surface area contributed by atoms with Crippen LogP contribution in [0.1, 0.15) is 32.6 Å². The Labute approximate surface area is 84.2 Å². The van der Waals surface area contributed by atoms with E-state index < -0.39 is 11.9 Å². The van der Waals surface area contributed by atoms with Crippen molar-refractivity contribution in [2.75, 3.05) is 19.6 Å². The second-order valence-electron chi connectivity index (χ2n) is 3.54. The average Bonchev–Trinajstić information content (AvgIpc) is 2.19. The lowest BCUT2D eigenvalue weighted by Crippen LogP contribution is -2.35. The molecule has 0 bridgehead atoms. The third-order valence-corrected chi connectivity index (χ3v) is 2.32. The molecule has 80 valence electrons. The Bertz CT molecular complexity index is 209. The summed E-state index contributed by atoms with van der Waals surface area (Å²) in [6.45, 7) is 3.81. The van der Waals surface area contributed by atoms with Crippen LogP contribution in [0, 0.1) is 0 Å². The van der Waals surface area contributed by atoms with E-state index in [0.29, 0.717) is 0 Å². The topological polar surface area (TPSA) is 46.6 Å². The Morgan fingerprint density at radius 2 is 1.79 bits per heavy atom. The summed E-state index contributed by atoms with van der Waals surface area (Å²) in [7, 11) is 0. The number of hydrogen-bond donors (Lipinski definition) is 0. The minimum atomic E-state index is -0.438. The maximum atomic E-state index is 11.2. The molecule has 14 heavy (non-hydrogen) atoms. The van der Waals surface area contributed by atoms with Crippen molar-refractivity contribution in [3.05, 3.63) is 0 Å². The monoisotopic (exact) mass is 199 g/mol. The van der Waals surface area contributed by atoms with Gasteiger partial charge < -0.3 is 4.74 Å². The first-order chi connectivity index (χ1) is 6.72. The third kappa shape index (κ3) is 3.87. The number of esters is 2. The first-order valence-corrected chi connectivity index (χ1v) is 5.18. The summed E-state index contributed by atoms with van der Waals surface area (Å²) >= 11 is 0. The molecule has 1 aliphatic rings. The van der Waals surface area contributed by atoms with E-state index in [2.05, 4.69) is 4.74 Å². The summed E-state index contributed by atoms with van der Waals surface area (Å²) in [5.74, 6) is -0.856. The van der Waals surface area contributed by atoms with Crippen LogP contribution >= 0.6 is 0 Å². The van der Waals surface area contributed by atoms with Crippen molar-refractivity contribution in [3.8, 4) is 0 Å². The smallest absolute Gasteiger partial charge is 0.327 e. The molecule has 0 amide bonds. The number of nitrogens with zero attached hydrogens (tertiary/aromatic N) is 1. The molecule has 0 radical (unpaired) electrons. The summed E-state index contributed by atoms with van der Waals surface area (Å²) in [4.78, 5) is 24.0. The highest BCUT2D eigenvalue weighted by molar-refractivity contribution is 5.86. The number of ether oxygens (including phenoxy) is 1. The van der Waals surface area contributed by atoms with Gasteiger partial charge in [-0.15, -0.1) is 0 Å². The molecule has 4 nitrogen and oxygen atoms in total. The highest BCUT2D eigenvalue weighted by Gasteiger charge is 2.16. The van der Waals surface area contributed by atoms with Gasteiger partial charge in [0.05, 0.1) is 6.54 Å². The fourth-order valence-electron chi connectivity index (χ4n) is 1.53. The normalized spacial score (nSPS) is 17.8. The highest BCUT2D eigenvalue weighted by Crippen LogP contribution is 2.08. The Morgan fingerprint density at radius 3 is 2.36 bits per heavy atom. The SMILES string of the molecule is CCC(=O)OC(=O)CN1CCCCC1. The molecule has 1 fully saturated rings. The van der Waals surface area contributed by atoms with Gasteiger partial charge in [0.1, 0.15) is 0 Å². The van der Waals surface area contributed by atoms with E-state index in [1.165, 1.54) is 6.42 Å². The molecule has 0 aromatic heterocycles. The number of hydrogen-bond acceptors (Lipinski definition) is 4. The van der Waals surface area contributed by atoms with E-state index in [1.807, 2.05) is 4.90 Å². The first-order valence-electron chi connectivity index (χ1n) is 5.18. The number of carbonyl (C=O) groups excluding carboxylic acids is 2. The molecule has 1 heterocycles. The molecule has 0 spiro atoms. The number of likely N-dealkylation sites (tertiary alicyclic amines) is 1. The van der Waals surface area contributed by atoms with Crippen LogP contribution in [-0.4, -0.2) is 36.5 Å². The Balaban J connectivity index is 2.21. The summed E-state index contributed by atoms with van der Waals surface area (Å²) in [5.41, 5.74) is 0. The average molecular weight is 199 g/mol.